The van der Waals surface area contributed by atoms with Crippen LogP contribution in [0.15, 0.2) is 30.7 Å². The van der Waals surface area contributed by atoms with Crippen molar-refractivity contribution in [1.29, 1.82) is 0 Å². The number of aryl methyl sites for hydroxylation is 1. The number of hydrogen-bond acceptors (Lipinski definition) is 2. The highest BCUT2D eigenvalue weighted by atomic mass is 15.0. The van der Waals surface area contributed by atoms with Gasteiger partial charge in [0.15, 0.2) is 0 Å². The summed E-state index contributed by atoms with van der Waals surface area (Å²) in [6.07, 6.45) is 12.2. The van der Waals surface area contributed by atoms with Crippen LogP contribution in [0.2, 0.25) is 0 Å². The molecule has 2 heterocycles. The standard InChI is InChI=1S/C18H23N3/c1-2-5-14(4-1)9-11-21-13-19-12-17(21)16-7-3-6-15-8-10-20-18(15)16/h3,6-7,12-14,20H,1-2,4-5,8-11H2. The second-order valence-corrected chi connectivity index (χ2v) is 6.43. The highest BCUT2D eigenvalue weighted by Gasteiger charge is 2.18. The van der Waals surface area contributed by atoms with Crippen molar-refractivity contribution in [2.24, 2.45) is 5.92 Å². The van der Waals surface area contributed by atoms with E-state index in [4.69, 9.17) is 0 Å². The second kappa shape index (κ2) is 5.55. The second-order valence-electron chi connectivity index (χ2n) is 6.43. The van der Waals surface area contributed by atoms with Gasteiger partial charge in [0.1, 0.15) is 0 Å². The van der Waals surface area contributed by atoms with Crippen LogP contribution in [-0.4, -0.2) is 16.1 Å². The lowest BCUT2D eigenvalue weighted by atomic mass is 10.0. The van der Waals surface area contributed by atoms with Crippen LogP contribution in [0.1, 0.15) is 37.7 Å². The van der Waals surface area contributed by atoms with Crippen LogP contribution in [0, 0.1) is 5.92 Å². The van der Waals surface area contributed by atoms with Crippen LogP contribution in [-0.2, 0) is 13.0 Å². The number of nitrogens with zero attached hydrogens (tertiary/aromatic N) is 2. The van der Waals surface area contributed by atoms with Crippen molar-refractivity contribution in [2.45, 2.75) is 45.1 Å². The molecule has 2 aliphatic rings. The van der Waals surface area contributed by atoms with E-state index in [-0.39, 0.29) is 0 Å². The van der Waals surface area contributed by atoms with Crippen molar-refractivity contribution < 1.29 is 0 Å². The Balaban J connectivity index is 1.58. The minimum atomic E-state index is 0.930. The van der Waals surface area contributed by atoms with Gasteiger partial charge in [0.2, 0.25) is 0 Å². The van der Waals surface area contributed by atoms with E-state index in [1.807, 2.05) is 12.5 Å². The van der Waals surface area contributed by atoms with E-state index in [1.54, 1.807) is 0 Å². The zero-order chi connectivity index (χ0) is 14.1. The molecule has 0 saturated heterocycles. The first-order valence-electron chi connectivity index (χ1n) is 8.28. The molecule has 1 aliphatic carbocycles. The summed E-state index contributed by atoms with van der Waals surface area (Å²) < 4.78 is 2.34. The number of imidazole rings is 1. The lowest BCUT2D eigenvalue weighted by Crippen LogP contribution is -2.04. The zero-order valence-electron chi connectivity index (χ0n) is 12.5. The van der Waals surface area contributed by atoms with Gasteiger partial charge in [0.25, 0.3) is 0 Å². The van der Waals surface area contributed by atoms with Crippen LogP contribution in [0.25, 0.3) is 11.3 Å². The normalized spacial score (nSPS) is 17.9. The number of anilines is 1. The van der Waals surface area contributed by atoms with Crippen molar-refractivity contribution in [3.63, 3.8) is 0 Å². The van der Waals surface area contributed by atoms with Gasteiger partial charge in [-0.05, 0) is 24.3 Å². The molecule has 0 atom stereocenters. The highest BCUT2D eigenvalue weighted by Crippen LogP contribution is 2.35. The summed E-state index contributed by atoms with van der Waals surface area (Å²) in [6.45, 7) is 2.16. The third-order valence-corrected chi connectivity index (χ3v) is 5.09. The van der Waals surface area contributed by atoms with E-state index in [1.165, 1.54) is 54.6 Å². The van der Waals surface area contributed by atoms with Crippen LogP contribution in [0.5, 0.6) is 0 Å². The van der Waals surface area contributed by atoms with Gasteiger partial charge in [-0.25, -0.2) is 4.98 Å². The fourth-order valence-corrected chi connectivity index (χ4v) is 3.90. The molecular weight excluding hydrogens is 258 g/mol. The Bertz CT molecular complexity index is 623. The minimum Gasteiger partial charge on any atom is -0.384 e. The van der Waals surface area contributed by atoms with Gasteiger partial charge < -0.3 is 9.88 Å². The van der Waals surface area contributed by atoms with Crippen LogP contribution < -0.4 is 5.32 Å². The first-order chi connectivity index (χ1) is 10.4. The molecule has 0 bridgehead atoms. The van der Waals surface area contributed by atoms with Gasteiger partial charge in [-0.1, -0.05) is 43.9 Å². The van der Waals surface area contributed by atoms with Gasteiger partial charge >= 0.3 is 0 Å². The van der Waals surface area contributed by atoms with Crippen molar-refractivity contribution in [2.75, 3.05) is 11.9 Å². The molecule has 1 aliphatic heterocycles. The average Bonchev–Trinajstić information content (AvgIpc) is 3.25. The van der Waals surface area contributed by atoms with Gasteiger partial charge in [-0.15, -0.1) is 0 Å². The van der Waals surface area contributed by atoms with E-state index in [9.17, 15) is 0 Å². The van der Waals surface area contributed by atoms with Gasteiger partial charge in [0.05, 0.1) is 18.2 Å². The maximum Gasteiger partial charge on any atom is 0.0950 e. The van der Waals surface area contributed by atoms with Crippen molar-refractivity contribution in [1.82, 2.24) is 9.55 Å². The maximum absolute atomic E-state index is 4.40. The number of aromatic nitrogens is 2. The van der Waals surface area contributed by atoms with Crippen LogP contribution in [0.4, 0.5) is 5.69 Å². The van der Waals surface area contributed by atoms with Crippen LogP contribution >= 0.6 is 0 Å². The Labute approximate surface area is 126 Å². The summed E-state index contributed by atoms with van der Waals surface area (Å²) in [7, 11) is 0. The molecule has 0 amide bonds. The summed E-state index contributed by atoms with van der Waals surface area (Å²) >= 11 is 0. The highest BCUT2D eigenvalue weighted by molar-refractivity contribution is 5.79. The Morgan fingerprint density at radius 3 is 3.05 bits per heavy atom. The molecule has 1 aromatic heterocycles. The molecule has 1 aromatic carbocycles. The Hall–Kier alpha value is -1.77. The van der Waals surface area contributed by atoms with E-state index < -0.39 is 0 Å². The number of nitrogens with one attached hydrogen (secondary N) is 1. The quantitative estimate of drug-likeness (QED) is 0.914. The van der Waals surface area contributed by atoms with Crippen molar-refractivity contribution in [3.05, 3.63) is 36.3 Å². The van der Waals surface area contributed by atoms with E-state index in [2.05, 4.69) is 33.1 Å². The fraction of sp³-hybridized carbons (Fsp3) is 0.500. The number of benzene rings is 1. The molecule has 4 rings (SSSR count). The molecule has 3 nitrogen and oxygen atoms in total. The van der Waals surface area contributed by atoms with Crippen molar-refractivity contribution >= 4 is 5.69 Å². The fourth-order valence-electron chi connectivity index (χ4n) is 3.90. The third kappa shape index (κ3) is 2.45. The molecule has 1 N–H and O–H groups in total. The lowest BCUT2D eigenvalue weighted by Gasteiger charge is -2.14. The molecule has 1 saturated carbocycles. The van der Waals surface area contributed by atoms with E-state index in [0.717, 1.165) is 25.4 Å². The zero-order valence-corrected chi connectivity index (χ0v) is 12.5. The van der Waals surface area contributed by atoms with E-state index >= 15 is 0 Å². The minimum absolute atomic E-state index is 0.930. The number of hydrogen-bond donors (Lipinski definition) is 1. The van der Waals surface area contributed by atoms with Gasteiger partial charge in [-0.3, -0.25) is 0 Å². The maximum atomic E-state index is 4.40. The summed E-state index contributed by atoms with van der Waals surface area (Å²) in [5, 5.41) is 3.54. The summed E-state index contributed by atoms with van der Waals surface area (Å²) in [6, 6.07) is 6.63. The molecule has 110 valence electrons. The summed E-state index contributed by atoms with van der Waals surface area (Å²) in [4.78, 5) is 4.40. The smallest absolute Gasteiger partial charge is 0.0950 e. The van der Waals surface area contributed by atoms with Gasteiger partial charge in [0, 0.05) is 24.3 Å². The van der Waals surface area contributed by atoms with Crippen molar-refractivity contribution in [3.8, 4) is 11.3 Å². The summed E-state index contributed by atoms with van der Waals surface area (Å²) in [5.74, 6) is 0.930. The molecule has 0 unspecified atom stereocenters. The molecule has 0 spiro atoms. The molecule has 21 heavy (non-hydrogen) atoms. The topological polar surface area (TPSA) is 29.9 Å². The van der Waals surface area contributed by atoms with Crippen LogP contribution in [0.3, 0.4) is 0 Å². The SMILES string of the molecule is c1cc2c(c(-c3cncn3CCC3CCCC3)c1)NCC2. The first kappa shape index (κ1) is 12.9. The van der Waals surface area contributed by atoms with Gasteiger partial charge in [-0.2, -0.15) is 0 Å². The lowest BCUT2D eigenvalue weighted by molar-refractivity contribution is 0.459. The number of rotatable bonds is 4. The Morgan fingerprint density at radius 1 is 1.24 bits per heavy atom. The summed E-state index contributed by atoms with van der Waals surface area (Å²) in [5.41, 5.74) is 5.34. The number of fused-ring (bicyclic) bond motifs is 1. The number of para-hydroxylation sites is 1. The first-order valence-corrected chi connectivity index (χ1v) is 8.28. The molecule has 1 fully saturated rings. The molecule has 0 radical (unpaired) electrons. The third-order valence-electron chi connectivity index (χ3n) is 5.09. The molecule has 3 heteroatoms. The van der Waals surface area contributed by atoms with E-state index in [0.29, 0.717) is 0 Å². The molecule has 2 aromatic rings. The molecular formula is C18H23N3. The monoisotopic (exact) mass is 281 g/mol. The predicted octanol–water partition coefficient (Wildman–Crippen LogP) is 4.10. The Morgan fingerprint density at radius 2 is 2.14 bits per heavy atom. The average molecular weight is 281 g/mol. The Kier molecular flexibility index (Phi) is 3.42. The largest absolute Gasteiger partial charge is 0.384 e. The predicted molar refractivity (Wildman–Crippen MR) is 86.4 cm³/mol.